The SMILES string of the molecule is CCCC(=O)OCC(C)(CO)C(=O)OCCOC(=O)C1(C)C=C(O)C(O)=CC1. The van der Waals surface area contributed by atoms with E-state index in [-0.39, 0.29) is 38.4 Å². The zero-order chi connectivity index (χ0) is 21.4. The second-order valence-corrected chi connectivity index (χ2v) is 7.14. The first-order chi connectivity index (χ1) is 13.1. The van der Waals surface area contributed by atoms with Crippen molar-refractivity contribution in [1.29, 1.82) is 0 Å². The van der Waals surface area contributed by atoms with Crippen LogP contribution in [0.4, 0.5) is 0 Å². The molecule has 0 amide bonds. The van der Waals surface area contributed by atoms with Crippen LogP contribution in [0.5, 0.6) is 0 Å². The monoisotopic (exact) mass is 400 g/mol. The molecule has 0 spiro atoms. The van der Waals surface area contributed by atoms with E-state index in [4.69, 9.17) is 14.2 Å². The summed E-state index contributed by atoms with van der Waals surface area (Å²) in [5.41, 5.74) is -2.56. The largest absolute Gasteiger partial charge is 0.504 e. The number of aliphatic hydroxyl groups is 3. The molecule has 0 aliphatic heterocycles. The molecule has 0 radical (unpaired) electrons. The number of aliphatic hydroxyl groups excluding tert-OH is 3. The van der Waals surface area contributed by atoms with Crippen molar-refractivity contribution in [2.45, 2.75) is 40.0 Å². The Labute approximate surface area is 163 Å². The van der Waals surface area contributed by atoms with Crippen molar-refractivity contribution in [1.82, 2.24) is 0 Å². The van der Waals surface area contributed by atoms with E-state index in [1.54, 1.807) is 0 Å². The van der Waals surface area contributed by atoms with Crippen molar-refractivity contribution in [3.05, 3.63) is 23.7 Å². The fourth-order valence-corrected chi connectivity index (χ4v) is 2.28. The van der Waals surface area contributed by atoms with Crippen LogP contribution in [0.3, 0.4) is 0 Å². The quantitative estimate of drug-likeness (QED) is 0.284. The Morgan fingerprint density at radius 3 is 2.36 bits per heavy atom. The molecule has 9 nitrogen and oxygen atoms in total. The van der Waals surface area contributed by atoms with Gasteiger partial charge in [0.2, 0.25) is 0 Å². The molecular weight excluding hydrogens is 372 g/mol. The molecule has 0 saturated heterocycles. The molecule has 0 fully saturated rings. The Morgan fingerprint density at radius 1 is 1.14 bits per heavy atom. The third kappa shape index (κ3) is 6.26. The molecule has 0 aromatic rings. The minimum absolute atomic E-state index is 0.146. The summed E-state index contributed by atoms with van der Waals surface area (Å²) in [6.07, 6.45) is 3.47. The Morgan fingerprint density at radius 2 is 1.79 bits per heavy atom. The van der Waals surface area contributed by atoms with Crippen LogP contribution in [-0.4, -0.2) is 59.7 Å². The van der Waals surface area contributed by atoms with Crippen LogP contribution in [0.1, 0.15) is 40.0 Å². The lowest BCUT2D eigenvalue weighted by atomic mass is 9.83. The van der Waals surface area contributed by atoms with Gasteiger partial charge < -0.3 is 29.5 Å². The highest BCUT2D eigenvalue weighted by atomic mass is 16.6. The van der Waals surface area contributed by atoms with Crippen LogP contribution in [-0.2, 0) is 28.6 Å². The summed E-state index contributed by atoms with van der Waals surface area (Å²) in [4.78, 5) is 35.8. The molecule has 9 heteroatoms. The first-order valence-electron chi connectivity index (χ1n) is 9.00. The van der Waals surface area contributed by atoms with Gasteiger partial charge in [-0.05, 0) is 38.8 Å². The van der Waals surface area contributed by atoms with Gasteiger partial charge in [0.05, 0.1) is 12.0 Å². The summed E-state index contributed by atoms with van der Waals surface area (Å²) >= 11 is 0. The lowest BCUT2D eigenvalue weighted by Crippen LogP contribution is -2.39. The van der Waals surface area contributed by atoms with Crippen molar-refractivity contribution in [3.8, 4) is 0 Å². The van der Waals surface area contributed by atoms with E-state index >= 15 is 0 Å². The molecule has 0 bridgehead atoms. The fourth-order valence-electron chi connectivity index (χ4n) is 2.28. The number of allylic oxidation sites excluding steroid dienone is 1. The van der Waals surface area contributed by atoms with E-state index in [0.29, 0.717) is 6.42 Å². The average Bonchev–Trinajstić information content (AvgIpc) is 2.66. The van der Waals surface area contributed by atoms with Gasteiger partial charge in [-0.25, -0.2) is 0 Å². The Hall–Kier alpha value is -2.55. The van der Waals surface area contributed by atoms with Gasteiger partial charge >= 0.3 is 17.9 Å². The predicted molar refractivity (Wildman–Crippen MR) is 97.1 cm³/mol. The average molecular weight is 400 g/mol. The highest BCUT2D eigenvalue weighted by molar-refractivity contribution is 5.80. The number of rotatable bonds is 10. The Bertz CT molecular complexity index is 652. The standard InChI is InChI=1S/C19H28O9/c1-4-5-15(23)28-12-19(3,11-20)17(25)27-9-8-26-16(24)18(2)7-6-13(21)14(22)10-18/h6,10,20-22H,4-5,7-9,11-12H2,1-3H3. The van der Waals surface area contributed by atoms with E-state index in [1.165, 1.54) is 26.0 Å². The molecule has 2 atom stereocenters. The van der Waals surface area contributed by atoms with Gasteiger partial charge in [-0.2, -0.15) is 0 Å². The van der Waals surface area contributed by atoms with E-state index in [2.05, 4.69) is 0 Å². The summed E-state index contributed by atoms with van der Waals surface area (Å²) in [7, 11) is 0. The van der Waals surface area contributed by atoms with Crippen molar-refractivity contribution in [2.75, 3.05) is 26.4 Å². The molecule has 28 heavy (non-hydrogen) atoms. The zero-order valence-corrected chi connectivity index (χ0v) is 16.4. The van der Waals surface area contributed by atoms with Gasteiger partial charge in [0.25, 0.3) is 0 Å². The molecule has 0 aromatic heterocycles. The molecule has 1 aliphatic rings. The molecule has 1 rings (SSSR count). The normalized spacial score (nSPS) is 21.0. The fraction of sp³-hybridized carbons (Fsp3) is 0.632. The van der Waals surface area contributed by atoms with Gasteiger partial charge in [-0.1, -0.05) is 6.92 Å². The first kappa shape index (κ1) is 23.5. The maximum atomic E-state index is 12.2. The summed E-state index contributed by atoms with van der Waals surface area (Å²) in [5, 5.41) is 28.4. The third-order valence-corrected chi connectivity index (χ3v) is 4.30. The van der Waals surface area contributed by atoms with E-state index in [9.17, 15) is 29.7 Å². The number of carbonyl (C=O) groups excluding carboxylic acids is 3. The third-order valence-electron chi connectivity index (χ3n) is 4.30. The highest BCUT2D eigenvalue weighted by Gasteiger charge is 2.37. The minimum Gasteiger partial charge on any atom is -0.504 e. The lowest BCUT2D eigenvalue weighted by Gasteiger charge is -2.26. The molecule has 1 aliphatic carbocycles. The van der Waals surface area contributed by atoms with Crippen LogP contribution in [0.25, 0.3) is 0 Å². The Balaban J connectivity index is 2.46. The second-order valence-electron chi connectivity index (χ2n) is 7.14. The maximum absolute atomic E-state index is 12.2. The lowest BCUT2D eigenvalue weighted by molar-refractivity contribution is -0.169. The smallest absolute Gasteiger partial charge is 0.317 e. The Kier molecular flexibility index (Phi) is 8.49. The highest BCUT2D eigenvalue weighted by Crippen LogP contribution is 2.32. The van der Waals surface area contributed by atoms with Crippen molar-refractivity contribution < 1.29 is 43.9 Å². The first-order valence-corrected chi connectivity index (χ1v) is 9.00. The van der Waals surface area contributed by atoms with Crippen LogP contribution < -0.4 is 0 Å². The summed E-state index contributed by atoms with van der Waals surface area (Å²) in [6.45, 7) is 3.36. The van der Waals surface area contributed by atoms with Crippen LogP contribution in [0.2, 0.25) is 0 Å². The number of ether oxygens (including phenoxy) is 3. The van der Waals surface area contributed by atoms with Gasteiger partial charge in [-0.3, -0.25) is 14.4 Å². The van der Waals surface area contributed by atoms with Crippen molar-refractivity contribution >= 4 is 17.9 Å². The van der Waals surface area contributed by atoms with Crippen molar-refractivity contribution in [3.63, 3.8) is 0 Å². The summed E-state index contributed by atoms with van der Waals surface area (Å²) in [5.74, 6) is -2.63. The predicted octanol–water partition coefficient (Wildman–Crippen LogP) is 1.71. The van der Waals surface area contributed by atoms with E-state index < -0.39 is 41.1 Å². The van der Waals surface area contributed by atoms with Crippen molar-refractivity contribution in [2.24, 2.45) is 10.8 Å². The van der Waals surface area contributed by atoms with E-state index in [0.717, 1.165) is 0 Å². The second kappa shape index (κ2) is 10.1. The van der Waals surface area contributed by atoms with Gasteiger partial charge in [0.15, 0.2) is 11.5 Å². The van der Waals surface area contributed by atoms with Crippen LogP contribution in [0, 0.1) is 10.8 Å². The molecule has 0 heterocycles. The zero-order valence-electron chi connectivity index (χ0n) is 16.4. The molecular formula is C19H28O9. The van der Waals surface area contributed by atoms with Gasteiger partial charge in [0.1, 0.15) is 25.2 Å². The van der Waals surface area contributed by atoms with Gasteiger partial charge in [0, 0.05) is 6.42 Å². The number of hydrogen-bond acceptors (Lipinski definition) is 9. The number of hydrogen-bond donors (Lipinski definition) is 3. The number of esters is 3. The molecule has 3 N–H and O–H groups in total. The molecule has 158 valence electrons. The minimum atomic E-state index is -1.42. The van der Waals surface area contributed by atoms with Crippen LogP contribution >= 0.6 is 0 Å². The molecule has 2 unspecified atom stereocenters. The maximum Gasteiger partial charge on any atom is 0.317 e. The summed E-state index contributed by atoms with van der Waals surface area (Å²) in [6, 6.07) is 0. The van der Waals surface area contributed by atoms with E-state index in [1.807, 2.05) is 6.92 Å². The number of carbonyl (C=O) groups is 3. The topological polar surface area (TPSA) is 140 Å². The summed E-state index contributed by atoms with van der Waals surface area (Å²) < 4.78 is 15.1. The van der Waals surface area contributed by atoms with Gasteiger partial charge in [-0.15, -0.1) is 0 Å². The molecule has 0 saturated carbocycles. The van der Waals surface area contributed by atoms with Crippen LogP contribution in [0.15, 0.2) is 23.7 Å². The molecule has 0 aromatic carbocycles.